The molecular formula is C19H12Cl2FN5OS. The molecule has 2 aromatic carbocycles. The van der Waals surface area contributed by atoms with Gasteiger partial charge in [-0.3, -0.25) is 4.79 Å². The predicted octanol–water partition coefficient (Wildman–Crippen LogP) is 4.97. The smallest absolute Gasteiger partial charge is 0.234 e. The van der Waals surface area contributed by atoms with Crippen LogP contribution in [0, 0.1) is 5.82 Å². The molecule has 1 N–H and O–H groups in total. The number of benzene rings is 2. The highest BCUT2D eigenvalue weighted by Gasteiger charge is 2.12. The van der Waals surface area contributed by atoms with Crippen LogP contribution < -0.4 is 5.32 Å². The number of carbonyl (C=O) groups excluding carboxylic acids is 1. The van der Waals surface area contributed by atoms with Crippen molar-refractivity contribution >= 4 is 52.2 Å². The monoisotopic (exact) mass is 447 g/mol. The number of aromatic nitrogens is 4. The Hall–Kier alpha value is -2.68. The second-order valence-electron chi connectivity index (χ2n) is 5.91. The van der Waals surface area contributed by atoms with Crippen molar-refractivity contribution in [2.24, 2.45) is 0 Å². The van der Waals surface area contributed by atoms with Gasteiger partial charge < -0.3 is 5.32 Å². The Morgan fingerprint density at radius 3 is 2.66 bits per heavy atom. The molecule has 0 unspecified atom stereocenters. The summed E-state index contributed by atoms with van der Waals surface area (Å²) in [6, 6.07) is 14.4. The van der Waals surface area contributed by atoms with Crippen LogP contribution in [-0.2, 0) is 4.79 Å². The SMILES string of the molecule is O=C(CSc1ccc2nnc(-c3ccc(F)cc3)n2n1)Nc1cccc(Cl)c1Cl. The number of nitrogens with one attached hydrogen (secondary N) is 1. The lowest BCUT2D eigenvalue weighted by molar-refractivity contribution is -0.113. The van der Waals surface area contributed by atoms with E-state index >= 15 is 0 Å². The van der Waals surface area contributed by atoms with Gasteiger partial charge in [0.25, 0.3) is 0 Å². The third-order valence-corrected chi connectivity index (χ3v) is 5.66. The summed E-state index contributed by atoms with van der Waals surface area (Å²) in [4.78, 5) is 12.3. The molecule has 0 aliphatic carbocycles. The van der Waals surface area contributed by atoms with Crippen LogP contribution >= 0.6 is 35.0 Å². The lowest BCUT2D eigenvalue weighted by Gasteiger charge is -2.08. The Morgan fingerprint density at radius 1 is 1.07 bits per heavy atom. The van der Waals surface area contributed by atoms with Crippen LogP contribution in [0.3, 0.4) is 0 Å². The molecule has 29 heavy (non-hydrogen) atoms. The quantitative estimate of drug-likeness (QED) is 0.437. The summed E-state index contributed by atoms with van der Waals surface area (Å²) in [6.07, 6.45) is 0. The summed E-state index contributed by atoms with van der Waals surface area (Å²) in [6.45, 7) is 0. The Morgan fingerprint density at radius 2 is 1.86 bits per heavy atom. The van der Waals surface area contributed by atoms with Crippen molar-refractivity contribution in [3.8, 4) is 11.4 Å². The Balaban J connectivity index is 1.49. The van der Waals surface area contributed by atoms with E-state index in [0.717, 1.165) is 0 Å². The number of nitrogens with zero attached hydrogens (tertiary/aromatic N) is 4. The minimum Gasteiger partial charge on any atom is -0.324 e. The molecule has 0 fully saturated rings. The van der Waals surface area contributed by atoms with Crippen LogP contribution in [0.2, 0.25) is 10.0 Å². The van der Waals surface area contributed by atoms with Crippen molar-refractivity contribution < 1.29 is 9.18 Å². The molecular weight excluding hydrogens is 436 g/mol. The molecule has 0 saturated carbocycles. The first-order chi connectivity index (χ1) is 14.0. The number of halogens is 3. The molecule has 1 amide bonds. The number of hydrogen-bond donors (Lipinski definition) is 1. The maximum absolute atomic E-state index is 13.2. The van der Waals surface area contributed by atoms with Crippen LogP contribution in [0.5, 0.6) is 0 Å². The van der Waals surface area contributed by atoms with Gasteiger partial charge in [-0.1, -0.05) is 41.0 Å². The fraction of sp³-hybridized carbons (Fsp3) is 0.0526. The van der Waals surface area contributed by atoms with Crippen LogP contribution in [0.4, 0.5) is 10.1 Å². The molecule has 146 valence electrons. The van der Waals surface area contributed by atoms with Crippen molar-refractivity contribution in [2.75, 3.05) is 11.1 Å². The van der Waals surface area contributed by atoms with Gasteiger partial charge in [0, 0.05) is 5.56 Å². The second-order valence-corrected chi connectivity index (χ2v) is 7.69. The minimum atomic E-state index is -0.336. The Bertz CT molecular complexity index is 1200. The molecule has 2 heterocycles. The standard InChI is InChI=1S/C19H12Cl2FN5OS/c20-13-2-1-3-14(18(13)21)23-16(28)10-29-17-9-8-15-24-25-19(27(15)26-17)11-4-6-12(22)7-5-11/h1-9H,10H2,(H,23,28). The minimum absolute atomic E-state index is 0.120. The number of rotatable bonds is 5. The number of hydrogen-bond acceptors (Lipinski definition) is 5. The van der Waals surface area contributed by atoms with E-state index in [1.54, 1.807) is 47.0 Å². The molecule has 0 saturated heterocycles. The van der Waals surface area contributed by atoms with E-state index in [1.807, 2.05) is 0 Å². The van der Waals surface area contributed by atoms with Crippen molar-refractivity contribution in [1.29, 1.82) is 0 Å². The highest BCUT2D eigenvalue weighted by atomic mass is 35.5. The normalized spacial score (nSPS) is 11.0. The number of fused-ring (bicyclic) bond motifs is 1. The van der Waals surface area contributed by atoms with Crippen LogP contribution in [-0.4, -0.2) is 31.5 Å². The van der Waals surface area contributed by atoms with E-state index in [0.29, 0.717) is 37.8 Å². The first kappa shape index (κ1) is 19.6. The molecule has 4 rings (SSSR count). The highest BCUT2D eigenvalue weighted by molar-refractivity contribution is 7.99. The van der Waals surface area contributed by atoms with E-state index in [1.165, 1.54) is 23.9 Å². The Labute approximate surface area is 179 Å². The van der Waals surface area contributed by atoms with E-state index in [2.05, 4.69) is 20.6 Å². The summed E-state index contributed by atoms with van der Waals surface area (Å²) in [5, 5.41) is 16.7. The van der Waals surface area contributed by atoms with E-state index in [4.69, 9.17) is 23.2 Å². The zero-order chi connectivity index (χ0) is 20.4. The molecule has 0 aliphatic heterocycles. The predicted molar refractivity (Wildman–Crippen MR) is 112 cm³/mol. The van der Waals surface area contributed by atoms with Crippen molar-refractivity contribution in [3.63, 3.8) is 0 Å². The van der Waals surface area contributed by atoms with Crippen LogP contribution in [0.1, 0.15) is 0 Å². The molecule has 2 aromatic heterocycles. The lowest BCUT2D eigenvalue weighted by Crippen LogP contribution is -2.14. The van der Waals surface area contributed by atoms with Crippen molar-refractivity contribution in [1.82, 2.24) is 19.8 Å². The number of thioether (sulfide) groups is 1. The van der Waals surface area contributed by atoms with Crippen LogP contribution in [0.25, 0.3) is 17.0 Å². The van der Waals surface area contributed by atoms with Gasteiger partial charge in [-0.05, 0) is 48.5 Å². The first-order valence-electron chi connectivity index (χ1n) is 8.36. The number of anilines is 1. The molecule has 0 spiro atoms. The van der Waals surface area contributed by atoms with E-state index < -0.39 is 0 Å². The maximum atomic E-state index is 13.2. The van der Waals surface area contributed by atoms with Gasteiger partial charge in [0.1, 0.15) is 10.8 Å². The average Bonchev–Trinajstić information content (AvgIpc) is 3.14. The molecule has 10 heteroatoms. The fourth-order valence-electron chi connectivity index (χ4n) is 2.55. The van der Waals surface area contributed by atoms with Gasteiger partial charge in [0.05, 0.1) is 21.5 Å². The topological polar surface area (TPSA) is 72.2 Å². The lowest BCUT2D eigenvalue weighted by atomic mass is 10.2. The summed E-state index contributed by atoms with van der Waals surface area (Å²) in [5.74, 6) is 0.0220. The number of carbonyl (C=O) groups is 1. The zero-order valence-corrected chi connectivity index (χ0v) is 17.0. The summed E-state index contributed by atoms with van der Waals surface area (Å²) in [5.41, 5.74) is 1.68. The van der Waals surface area contributed by atoms with Crippen molar-refractivity contribution in [3.05, 3.63) is 70.5 Å². The molecule has 6 nitrogen and oxygen atoms in total. The molecule has 0 atom stereocenters. The summed E-state index contributed by atoms with van der Waals surface area (Å²) < 4.78 is 14.7. The zero-order valence-electron chi connectivity index (χ0n) is 14.6. The molecule has 0 aliphatic rings. The van der Waals surface area contributed by atoms with Crippen molar-refractivity contribution in [2.45, 2.75) is 5.03 Å². The van der Waals surface area contributed by atoms with E-state index in [9.17, 15) is 9.18 Å². The van der Waals surface area contributed by atoms with Gasteiger partial charge >= 0.3 is 0 Å². The van der Waals surface area contributed by atoms with Gasteiger partial charge in [-0.15, -0.1) is 10.2 Å². The molecule has 0 bridgehead atoms. The highest BCUT2D eigenvalue weighted by Crippen LogP contribution is 2.29. The van der Waals surface area contributed by atoms with Gasteiger partial charge in [0.15, 0.2) is 11.5 Å². The van der Waals surface area contributed by atoms with Gasteiger partial charge in [0.2, 0.25) is 5.91 Å². The maximum Gasteiger partial charge on any atom is 0.234 e. The van der Waals surface area contributed by atoms with Gasteiger partial charge in [-0.25, -0.2) is 4.39 Å². The summed E-state index contributed by atoms with van der Waals surface area (Å²) >= 11 is 13.3. The first-order valence-corrected chi connectivity index (χ1v) is 10.1. The van der Waals surface area contributed by atoms with Gasteiger partial charge in [-0.2, -0.15) is 9.61 Å². The third kappa shape index (κ3) is 4.34. The molecule has 4 aromatic rings. The Kier molecular flexibility index (Phi) is 5.66. The number of amides is 1. The fourth-order valence-corrected chi connectivity index (χ4v) is 3.56. The summed E-state index contributed by atoms with van der Waals surface area (Å²) in [7, 11) is 0. The largest absolute Gasteiger partial charge is 0.324 e. The van der Waals surface area contributed by atoms with E-state index in [-0.39, 0.29) is 17.5 Å². The average molecular weight is 448 g/mol. The third-order valence-electron chi connectivity index (χ3n) is 3.92. The second kappa shape index (κ2) is 8.36. The van der Waals surface area contributed by atoms with Crippen LogP contribution in [0.15, 0.2) is 59.6 Å². The molecule has 0 radical (unpaired) electrons.